The molecule has 0 heterocycles. The van der Waals surface area contributed by atoms with E-state index in [0.717, 1.165) is 17.6 Å². The number of halogens is 1. The third-order valence-corrected chi connectivity index (χ3v) is 4.23. The van der Waals surface area contributed by atoms with Crippen molar-refractivity contribution >= 4 is 28.3 Å². The van der Waals surface area contributed by atoms with Gasteiger partial charge in [-0.3, -0.25) is 0 Å². The average molecular weight is 389 g/mol. The molecule has 0 bridgehead atoms. The molecule has 144 valence electrons. The summed E-state index contributed by atoms with van der Waals surface area (Å²) in [6.07, 6.45) is 2.99. The second-order valence-corrected chi connectivity index (χ2v) is 6.63. The van der Waals surface area contributed by atoms with Gasteiger partial charge in [-0.2, -0.15) is 0 Å². The fraction of sp³-hybridized carbons (Fsp3) is 0.111. The Balaban J connectivity index is 0.000000210. The minimum atomic E-state index is 0.593. The Kier molecular flexibility index (Phi) is 11.1. The van der Waals surface area contributed by atoms with E-state index in [1.54, 1.807) is 0 Å². The third-order valence-electron chi connectivity index (χ3n) is 4.01. The first kappa shape index (κ1) is 23.2. The lowest BCUT2D eigenvalue weighted by Crippen LogP contribution is -1.83. The zero-order valence-electron chi connectivity index (χ0n) is 16.9. The van der Waals surface area contributed by atoms with Crippen LogP contribution in [-0.2, 0) is 6.42 Å². The standard InChI is InChI=1S/C10H12.C9H10.C8H7Cl/c1-3-9-7-5-6-8-10(9)4-2;1-8(2)9-6-4-3-5-7-9;1-7(9)8-5-3-2-4-6-8/h3,5-8H,1,4H2,2H3;3-7H,1H2,2H3;2-6H,1H2. The molecule has 0 aliphatic rings. The predicted octanol–water partition coefficient (Wildman–Crippen LogP) is 8.51. The van der Waals surface area contributed by atoms with E-state index < -0.39 is 0 Å². The van der Waals surface area contributed by atoms with Crippen molar-refractivity contribution in [2.75, 3.05) is 0 Å². The van der Waals surface area contributed by atoms with Gasteiger partial charge in [0.25, 0.3) is 0 Å². The van der Waals surface area contributed by atoms with Crippen LogP contribution in [0.2, 0.25) is 0 Å². The summed E-state index contributed by atoms with van der Waals surface area (Å²) in [6.45, 7) is 15.3. The average Bonchev–Trinajstić information content (AvgIpc) is 2.75. The van der Waals surface area contributed by atoms with Crippen LogP contribution in [-0.4, -0.2) is 0 Å². The van der Waals surface area contributed by atoms with Gasteiger partial charge in [-0.1, -0.05) is 135 Å². The molecule has 0 spiro atoms. The molecular formula is C27H29Cl. The molecular weight excluding hydrogens is 360 g/mol. The minimum Gasteiger partial charge on any atom is -0.0985 e. The molecule has 0 aliphatic carbocycles. The van der Waals surface area contributed by atoms with Crippen LogP contribution in [0.1, 0.15) is 36.1 Å². The van der Waals surface area contributed by atoms with Gasteiger partial charge in [0.2, 0.25) is 0 Å². The quantitative estimate of drug-likeness (QED) is 0.420. The number of hydrogen-bond donors (Lipinski definition) is 0. The first-order valence-corrected chi connectivity index (χ1v) is 9.68. The van der Waals surface area contributed by atoms with Crippen LogP contribution in [0.4, 0.5) is 0 Å². The van der Waals surface area contributed by atoms with Gasteiger partial charge in [0.1, 0.15) is 0 Å². The lowest BCUT2D eigenvalue weighted by atomic mass is 10.1. The highest BCUT2D eigenvalue weighted by molar-refractivity contribution is 6.48. The van der Waals surface area contributed by atoms with Crippen molar-refractivity contribution in [3.05, 3.63) is 127 Å². The Morgan fingerprint density at radius 3 is 1.57 bits per heavy atom. The summed E-state index contributed by atoms with van der Waals surface area (Å²) >= 11 is 5.61. The monoisotopic (exact) mass is 388 g/mol. The number of allylic oxidation sites excluding steroid dienone is 1. The van der Waals surface area contributed by atoms with Crippen molar-refractivity contribution in [2.24, 2.45) is 0 Å². The molecule has 0 fully saturated rings. The number of rotatable bonds is 4. The summed E-state index contributed by atoms with van der Waals surface area (Å²) in [5, 5.41) is 0.593. The van der Waals surface area contributed by atoms with Gasteiger partial charge in [0, 0.05) is 5.03 Å². The smallest absolute Gasteiger partial charge is 0.0406 e. The molecule has 0 atom stereocenters. The van der Waals surface area contributed by atoms with Crippen LogP contribution < -0.4 is 0 Å². The maximum absolute atomic E-state index is 5.61. The summed E-state index contributed by atoms with van der Waals surface area (Å²) in [5.74, 6) is 0. The normalized spacial score (nSPS) is 9.11. The molecule has 0 radical (unpaired) electrons. The predicted molar refractivity (Wildman–Crippen MR) is 128 cm³/mol. The first-order chi connectivity index (χ1) is 13.5. The molecule has 0 aromatic heterocycles. The third kappa shape index (κ3) is 8.70. The molecule has 0 N–H and O–H groups in total. The van der Waals surface area contributed by atoms with Gasteiger partial charge < -0.3 is 0 Å². The van der Waals surface area contributed by atoms with Crippen LogP contribution in [0, 0.1) is 0 Å². The largest absolute Gasteiger partial charge is 0.0985 e. The topological polar surface area (TPSA) is 0 Å². The van der Waals surface area contributed by atoms with Crippen molar-refractivity contribution in [3.8, 4) is 0 Å². The summed E-state index contributed by atoms with van der Waals surface area (Å²) in [7, 11) is 0. The van der Waals surface area contributed by atoms with E-state index in [2.05, 4.69) is 57.0 Å². The summed E-state index contributed by atoms with van der Waals surface area (Å²) in [6, 6.07) is 28.1. The fourth-order valence-electron chi connectivity index (χ4n) is 2.40. The molecule has 0 nitrogen and oxygen atoms in total. The zero-order chi connectivity index (χ0) is 20.8. The molecule has 3 rings (SSSR count). The van der Waals surface area contributed by atoms with Crippen LogP contribution in [0.25, 0.3) is 16.7 Å². The Labute approximate surface area is 175 Å². The maximum Gasteiger partial charge on any atom is 0.0406 e. The Morgan fingerprint density at radius 1 is 0.786 bits per heavy atom. The molecule has 3 aromatic carbocycles. The Bertz CT molecular complexity index is 812. The van der Waals surface area contributed by atoms with Crippen LogP contribution in [0.3, 0.4) is 0 Å². The SMILES string of the molecule is C=C(C)c1ccccc1.C=C(Cl)c1ccccc1.C=Cc1ccccc1CC. The maximum atomic E-state index is 5.61. The van der Waals surface area contributed by atoms with E-state index >= 15 is 0 Å². The second-order valence-electron chi connectivity index (χ2n) is 6.17. The minimum absolute atomic E-state index is 0.593. The number of aryl methyl sites for hydroxylation is 1. The number of hydrogen-bond acceptors (Lipinski definition) is 0. The van der Waals surface area contributed by atoms with Crippen LogP contribution >= 0.6 is 11.6 Å². The molecule has 0 aliphatic heterocycles. The molecule has 3 aromatic rings. The van der Waals surface area contributed by atoms with E-state index in [1.165, 1.54) is 16.7 Å². The van der Waals surface area contributed by atoms with Crippen molar-refractivity contribution in [3.63, 3.8) is 0 Å². The molecule has 0 amide bonds. The van der Waals surface area contributed by atoms with Crippen LogP contribution in [0.5, 0.6) is 0 Å². The van der Waals surface area contributed by atoms with Crippen molar-refractivity contribution < 1.29 is 0 Å². The summed E-state index contributed by atoms with van der Waals surface area (Å²) in [5.41, 5.74) is 5.95. The van der Waals surface area contributed by atoms with E-state index in [0.29, 0.717) is 5.03 Å². The highest BCUT2D eigenvalue weighted by Crippen LogP contribution is 2.14. The molecule has 0 saturated carbocycles. The summed E-state index contributed by atoms with van der Waals surface area (Å²) < 4.78 is 0. The highest BCUT2D eigenvalue weighted by Gasteiger charge is 1.92. The first-order valence-electron chi connectivity index (χ1n) is 9.30. The van der Waals surface area contributed by atoms with E-state index in [1.807, 2.05) is 67.6 Å². The van der Waals surface area contributed by atoms with Gasteiger partial charge >= 0.3 is 0 Å². The molecule has 0 unspecified atom stereocenters. The van der Waals surface area contributed by atoms with Gasteiger partial charge in [-0.05, 0) is 35.6 Å². The Hall–Kier alpha value is -2.83. The summed E-state index contributed by atoms with van der Waals surface area (Å²) in [4.78, 5) is 0. The van der Waals surface area contributed by atoms with Gasteiger partial charge in [-0.15, -0.1) is 0 Å². The zero-order valence-corrected chi connectivity index (χ0v) is 17.6. The Morgan fingerprint density at radius 2 is 1.25 bits per heavy atom. The van der Waals surface area contributed by atoms with Gasteiger partial charge in [0.05, 0.1) is 0 Å². The van der Waals surface area contributed by atoms with E-state index in [4.69, 9.17) is 11.6 Å². The van der Waals surface area contributed by atoms with Crippen LogP contribution in [0.15, 0.2) is 105 Å². The lowest BCUT2D eigenvalue weighted by Gasteiger charge is -1.99. The van der Waals surface area contributed by atoms with Crippen molar-refractivity contribution in [1.29, 1.82) is 0 Å². The van der Waals surface area contributed by atoms with E-state index in [9.17, 15) is 0 Å². The van der Waals surface area contributed by atoms with Crippen molar-refractivity contribution in [1.82, 2.24) is 0 Å². The van der Waals surface area contributed by atoms with Gasteiger partial charge in [0.15, 0.2) is 0 Å². The molecule has 1 heteroatoms. The second kappa shape index (κ2) is 13.4. The van der Waals surface area contributed by atoms with E-state index in [-0.39, 0.29) is 0 Å². The lowest BCUT2D eigenvalue weighted by molar-refractivity contribution is 1.13. The number of benzene rings is 3. The fourth-order valence-corrected chi connectivity index (χ4v) is 2.52. The highest BCUT2D eigenvalue weighted by atomic mass is 35.5. The van der Waals surface area contributed by atoms with Gasteiger partial charge in [-0.25, -0.2) is 0 Å². The molecule has 0 saturated heterocycles. The van der Waals surface area contributed by atoms with Crippen molar-refractivity contribution in [2.45, 2.75) is 20.3 Å². The molecule has 28 heavy (non-hydrogen) atoms.